The summed E-state index contributed by atoms with van der Waals surface area (Å²) in [5.74, 6) is 0.953. The van der Waals surface area contributed by atoms with Crippen LogP contribution < -0.4 is 10.1 Å². The van der Waals surface area contributed by atoms with Crippen LogP contribution in [0.25, 0.3) is 0 Å². The van der Waals surface area contributed by atoms with Gasteiger partial charge >= 0.3 is 0 Å². The van der Waals surface area contributed by atoms with E-state index in [1.807, 2.05) is 19.2 Å². The molecule has 2 rings (SSSR count). The van der Waals surface area contributed by atoms with Crippen molar-refractivity contribution in [1.29, 1.82) is 0 Å². The van der Waals surface area contributed by atoms with Crippen molar-refractivity contribution in [2.75, 3.05) is 7.05 Å². The molecule has 20 heavy (non-hydrogen) atoms. The first kappa shape index (κ1) is 15.0. The van der Waals surface area contributed by atoms with Crippen LogP contribution in [0, 0.1) is 13.8 Å². The maximum Gasteiger partial charge on any atom is 0.130 e. The number of ether oxygens (including phenoxy) is 1. The van der Waals surface area contributed by atoms with Crippen molar-refractivity contribution >= 4 is 15.9 Å². The van der Waals surface area contributed by atoms with Crippen LogP contribution in [0.5, 0.6) is 5.75 Å². The summed E-state index contributed by atoms with van der Waals surface area (Å²) in [6.45, 7) is 5.52. The van der Waals surface area contributed by atoms with Gasteiger partial charge in [0, 0.05) is 17.2 Å². The zero-order chi connectivity index (χ0) is 14.5. The summed E-state index contributed by atoms with van der Waals surface area (Å²) >= 11 is 3.38. The van der Waals surface area contributed by atoms with E-state index >= 15 is 0 Å². The summed E-state index contributed by atoms with van der Waals surface area (Å²) in [6.07, 6.45) is 1.79. The molecule has 0 bridgehead atoms. The van der Waals surface area contributed by atoms with Crippen LogP contribution in [0.2, 0.25) is 0 Å². The SMILES string of the molecule is CNCc1cc(C)c(OCc2ccc(Br)cn2)c(C)c1. The summed E-state index contributed by atoms with van der Waals surface area (Å²) in [4.78, 5) is 4.32. The number of hydrogen-bond acceptors (Lipinski definition) is 3. The molecule has 1 aromatic carbocycles. The second-order valence-electron chi connectivity index (χ2n) is 4.85. The number of rotatable bonds is 5. The Balaban J connectivity index is 2.11. The molecule has 0 atom stereocenters. The Morgan fingerprint density at radius 2 is 1.90 bits per heavy atom. The maximum atomic E-state index is 5.93. The molecule has 0 saturated carbocycles. The lowest BCUT2D eigenvalue weighted by atomic mass is 10.1. The van der Waals surface area contributed by atoms with Crippen molar-refractivity contribution in [2.24, 2.45) is 0 Å². The number of aryl methyl sites for hydroxylation is 2. The minimum Gasteiger partial charge on any atom is -0.487 e. The molecule has 1 aromatic heterocycles. The summed E-state index contributed by atoms with van der Waals surface area (Å²) in [7, 11) is 1.95. The normalized spacial score (nSPS) is 10.6. The molecule has 0 unspecified atom stereocenters. The number of hydrogen-bond donors (Lipinski definition) is 1. The van der Waals surface area contributed by atoms with Crippen molar-refractivity contribution < 1.29 is 4.74 Å². The van der Waals surface area contributed by atoms with Crippen molar-refractivity contribution in [3.05, 3.63) is 57.3 Å². The summed E-state index contributed by atoms with van der Waals surface area (Å²) in [6, 6.07) is 8.26. The first-order valence-corrected chi connectivity index (χ1v) is 7.37. The van der Waals surface area contributed by atoms with Crippen molar-refractivity contribution in [2.45, 2.75) is 27.0 Å². The molecule has 0 saturated heterocycles. The fraction of sp³-hybridized carbons (Fsp3) is 0.312. The monoisotopic (exact) mass is 334 g/mol. The molecule has 1 heterocycles. The smallest absolute Gasteiger partial charge is 0.130 e. The molecule has 3 nitrogen and oxygen atoms in total. The minimum atomic E-state index is 0.486. The molecule has 106 valence electrons. The third-order valence-electron chi connectivity index (χ3n) is 3.05. The summed E-state index contributed by atoms with van der Waals surface area (Å²) < 4.78 is 6.91. The van der Waals surface area contributed by atoms with Crippen LogP contribution in [-0.2, 0) is 13.2 Å². The summed E-state index contributed by atoms with van der Waals surface area (Å²) in [5.41, 5.74) is 4.52. The number of aromatic nitrogens is 1. The quantitative estimate of drug-likeness (QED) is 0.903. The molecule has 0 radical (unpaired) electrons. The third kappa shape index (κ3) is 3.81. The topological polar surface area (TPSA) is 34.1 Å². The fourth-order valence-corrected chi connectivity index (χ4v) is 2.45. The second kappa shape index (κ2) is 6.86. The van der Waals surface area contributed by atoms with Crippen molar-refractivity contribution in [3.8, 4) is 5.75 Å². The molecule has 0 aliphatic carbocycles. The number of benzene rings is 1. The highest BCUT2D eigenvalue weighted by molar-refractivity contribution is 9.10. The van der Waals surface area contributed by atoms with Crippen LogP contribution >= 0.6 is 15.9 Å². The van der Waals surface area contributed by atoms with Gasteiger partial charge in [-0.15, -0.1) is 0 Å². The fourth-order valence-electron chi connectivity index (χ4n) is 2.21. The predicted octanol–water partition coefficient (Wildman–Crippen LogP) is 3.76. The molecule has 0 amide bonds. The largest absolute Gasteiger partial charge is 0.487 e. The van der Waals surface area contributed by atoms with Gasteiger partial charge in [-0.25, -0.2) is 0 Å². The average molecular weight is 335 g/mol. The second-order valence-corrected chi connectivity index (χ2v) is 5.76. The number of nitrogens with zero attached hydrogens (tertiary/aromatic N) is 1. The highest BCUT2D eigenvalue weighted by Gasteiger charge is 2.07. The molecule has 0 aliphatic heterocycles. The van der Waals surface area contributed by atoms with Gasteiger partial charge in [-0.05, 0) is 65.6 Å². The minimum absolute atomic E-state index is 0.486. The Hall–Kier alpha value is -1.39. The first-order chi connectivity index (χ1) is 9.60. The van der Waals surface area contributed by atoms with E-state index in [-0.39, 0.29) is 0 Å². The van der Waals surface area contributed by atoms with E-state index in [1.54, 1.807) is 6.20 Å². The van der Waals surface area contributed by atoms with E-state index in [0.717, 1.165) is 33.6 Å². The van der Waals surface area contributed by atoms with Crippen LogP contribution in [0.3, 0.4) is 0 Å². The Morgan fingerprint density at radius 1 is 1.20 bits per heavy atom. The molecule has 0 spiro atoms. The Labute approximate surface area is 128 Å². The highest BCUT2D eigenvalue weighted by atomic mass is 79.9. The zero-order valence-electron chi connectivity index (χ0n) is 12.0. The van der Waals surface area contributed by atoms with Gasteiger partial charge < -0.3 is 10.1 Å². The van der Waals surface area contributed by atoms with E-state index in [4.69, 9.17) is 4.74 Å². The standard InChI is InChI=1S/C16H19BrN2O/c1-11-6-13(8-18-3)7-12(2)16(11)20-10-15-5-4-14(17)9-19-15/h4-7,9,18H,8,10H2,1-3H3. The molecule has 1 N–H and O–H groups in total. The summed E-state index contributed by atoms with van der Waals surface area (Å²) in [5, 5.41) is 3.17. The maximum absolute atomic E-state index is 5.93. The van der Waals surface area contributed by atoms with Crippen LogP contribution in [0.1, 0.15) is 22.4 Å². The number of pyridine rings is 1. The molecule has 2 aromatic rings. The zero-order valence-corrected chi connectivity index (χ0v) is 13.6. The van der Waals surface area contributed by atoms with Gasteiger partial charge in [0.05, 0.1) is 5.69 Å². The van der Waals surface area contributed by atoms with Gasteiger partial charge in [0.1, 0.15) is 12.4 Å². The number of halogens is 1. The third-order valence-corrected chi connectivity index (χ3v) is 3.52. The van der Waals surface area contributed by atoms with Gasteiger partial charge in [-0.1, -0.05) is 12.1 Å². The molecular formula is C16H19BrN2O. The lowest BCUT2D eigenvalue weighted by Crippen LogP contribution is -2.07. The molecule has 0 fully saturated rings. The van der Waals surface area contributed by atoms with E-state index in [9.17, 15) is 0 Å². The van der Waals surface area contributed by atoms with E-state index < -0.39 is 0 Å². The highest BCUT2D eigenvalue weighted by Crippen LogP contribution is 2.25. The van der Waals surface area contributed by atoms with E-state index in [1.165, 1.54) is 5.56 Å². The van der Waals surface area contributed by atoms with Crippen LogP contribution in [0.15, 0.2) is 34.9 Å². The Morgan fingerprint density at radius 3 is 2.45 bits per heavy atom. The van der Waals surface area contributed by atoms with Crippen molar-refractivity contribution in [3.63, 3.8) is 0 Å². The van der Waals surface area contributed by atoms with E-state index in [2.05, 4.69) is 52.2 Å². The van der Waals surface area contributed by atoms with Gasteiger partial charge in [-0.2, -0.15) is 0 Å². The van der Waals surface area contributed by atoms with Crippen molar-refractivity contribution in [1.82, 2.24) is 10.3 Å². The van der Waals surface area contributed by atoms with Gasteiger partial charge in [0.15, 0.2) is 0 Å². The Bertz CT molecular complexity index is 559. The predicted molar refractivity (Wildman–Crippen MR) is 84.9 cm³/mol. The molecular weight excluding hydrogens is 316 g/mol. The number of nitrogens with one attached hydrogen (secondary N) is 1. The lowest BCUT2D eigenvalue weighted by Gasteiger charge is -2.14. The van der Waals surface area contributed by atoms with E-state index in [0.29, 0.717) is 6.61 Å². The van der Waals surface area contributed by atoms with Crippen LogP contribution in [-0.4, -0.2) is 12.0 Å². The Kier molecular flexibility index (Phi) is 5.15. The molecule has 0 aliphatic rings. The van der Waals surface area contributed by atoms with Gasteiger partial charge in [0.25, 0.3) is 0 Å². The average Bonchev–Trinajstić information content (AvgIpc) is 2.40. The lowest BCUT2D eigenvalue weighted by molar-refractivity contribution is 0.297. The van der Waals surface area contributed by atoms with Gasteiger partial charge in [-0.3, -0.25) is 4.98 Å². The van der Waals surface area contributed by atoms with Gasteiger partial charge in [0.2, 0.25) is 0 Å². The van der Waals surface area contributed by atoms with Crippen LogP contribution in [0.4, 0.5) is 0 Å². The molecule has 4 heteroatoms. The first-order valence-electron chi connectivity index (χ1n) is 6.58.